The SMILES string of the molecule is CCc1c(F)ccc2cc(O)cc(-c3ncc4c(N5CCC[C@@](C)(O)C5)nc(OCC5(CN6CCC7(CC6)CC(CN6CCN(c8cc(F)c(NC9CCC(=O)NC9=O)c(F)c8)CC6)C7)CC5)nc4c3F)c12. The zero-order chi connectivity index (χ0) is 50.1. The molecule has 6 aliphatic rings. The van der Waals surface area contributed by atoms with Gasteiger partial charge in [-0.1, -0.05) is 13.0 Å². The summed E-state index contributed by atoms with van der Waals surface area (Å²) in [5, 5.41) is 28.1. The van der Waals surface area contributed by atoms with Crippen LogP contribution in [0.5, 0.6) is 11.8 Å². The molecule has 6 heterocycles. The second kappa shape index (κ2) is 18.9. The number of fused-ring (bicyclic) bond motifs is 2. The van der Waals surface area contributed by atoms with Crippen LogP contribution in [0.2, 0.25) is 0 Å². The number of hydrogen-bond acceptors (Lipinski definition) is 13. The van der Waals surface area contributed by atoms with Crippen LogP contribution in [0.15, 0.2) is 42.6 Å². The van der Waals surface area contributed by atoms with E-state index in [0.29, 0.717) is 90.1 Å². The van der Waals surface area contributed by atoms with Crippen molar-refractivity contribution in [2.24, 2.45) is 16.7 Å². The topological polar surface area (TPSA) is 160 Å². The van der Waals surface area contributed by atoms with E-state index in [1.54, 1.807) is 13.0 Å². The smallest absolute Gasteiger partial charge is 0.319 e. The summed E-state index contributed by atoms with van der Waals surface area (Å²) in [6, 6.07) is 7.68. The van der Waals surface area contributed by atoms with Crippen molar-refractivity contribution in [1.82, 2.24) is 30.1 Å². The van der Waals surface area contributed by atoms with Crippen molar-refractivity contribution >= 4 is 50.7 Å². The van der Waals surface area contributed by atoms with Gasteiger partial charge >= 0.3 is 6.01 Å². The predicted octanol–water partition coefficient (Wildman–Crippen LogP) is 7.71. The number of halogens is 4. The number of carbonyl (C=O) groups excluding carboxylic acids is 2. The molecule has 3 aromatic carbocycles. The van der Waals surface area contributed by atoms with Crippen molar-refractivity contribution in [3.63, 3.8) is 0 Å². The first-order chi connectivity index (χ1) is 34.6. The molecule has 2 amide bonds. The first-order valence-corrected chi connectivity index (χ1v) is 25.8. The second-order valence-corrected chi connectivity index (χ2v) is 22.1. The Labute approximate surface area is 416 Å². The fraction of sp³-hybridized carbons (Fsp3) is 0.537. The molecule has 14 nitrogen and oxygen atoms in total. The molecule has 2 aromatic heterocycles. The Morgan fingerprint density at radius 2 is 1.62 bits per heavy atom. The maximum absolute atomic E-state index is 17.1. The number of phenolic OH excluding ortho intramolecular Hbond substituents is 1. The standard InChI is InChI=1S/C54H63F4N9O5/c1-3-36-39(55)6-5-33-21-35(68)24-37(44(33)36)46-45(58)47-38(27-59-46)49(67-14-4-9-52(2,71)29-67)63-51(62-47)72-31-54(10-11-54)30-65-15-12-53(13-16-65)25-32(26-53)28-64-17-19-66(20-18-64)34-22-40(56)48(41(57)23-34)60-42-7-8-43(69)61-50(42)70/h5-6,21-24,27,32,42,60,68,71H,3-4,7-20,25-26,28-31H2,1-2H3,(H,61,69,70)/t42?,52-/m1/s1. The Morgan fingerprint density at radius 1 is 0.875 bits per heavy atom. The van der Waals surface area contributed by atoms with Gasteiger partial charge < -0.3 is 35.0 Å². The van der Waals surface area contributed by atoms with Crippen molar-refractivity contribution in [3.8, 4) is 23.0 Å². The number of carbonyl (C=O) groups is 2. The van der Waals surface area contributed by atoms with Crippen LogP contribution in [0, 0.1) is 40.0 Å². The molecule has 2 atom stereocenters. The summed E-state index contributed by atoms with van der Waals surface area (Å²) in [5.41, 5.74) is 0.0298. The van der Waals surface area contributed by atoms with Crippen LogP contribution in [0.3, 0.4) is 0 Å². The predicted molar refractivity (Wildman–Crippen MR) is 266 cm³/mol. The van der Waals surface area contributed by atoms with E-state index in [2.05, 4.69) is 30.4 Å². The molecular weight excluding hydrogens is 931 g/mol. The lowest BCUT2D eigenvalue weighted by Crippen LogP contribution is -2.53. The highest BCUT2D eigenvalue weighted by Crippen LogP contribution is 2.54. The van der Waals surface area contributed by atoms with Crippen LogP contribution < -0.4 is 25.2 Å². The third kappa shape index (κ3) is 9.61. The lowest BCUT2D eigenvalue weighted by Gasteiger charge is -2.54. The molecule has 1 unspecified atom stereocenters. The maximum atomic E-state index is 17.1. The molecule has 0 bridgehead atoms. The molecule has 2 saturated carbocycles. The highest BCUT2D eigenvalue weighted by molar-refractivity contribution is 6.02. The molecule has 6 fully saturated rings. The van der Waals surface area contributed by atoms with E-state index in [1.165, 1.54) is 49.4 Å². The molecule has 11 rings (SSSR count). The minimum Gasteiger partial charge on any atom is -0.508 e. The molecule has 0 radical (unpaired) electrons. The molecule has 4 saturated heterocycles. The van der Waals surface area contributed by atoms with Crippen molar-refractivity contribution in [1.29, 1.82) is 0 Å². The number of amides is 2. The molecule has 2 aliphatic carbocycles. The molecule has 18 heteroatoms. The monoisotopic (exact) mass is 993 g/mol. The van der Waals surface area contributed by atoms with Crippen molar-refractivity contribution < 1.29 is 42.1 Å². The Balaban J connectivity index is 0.704. The number of likely N-dealkylation sites (tertiary alicyclic amines) is 1. The van der Waals surface area contributed by atoms with Crippen LogP contribution in [-0.4, -0.2) is 130 Å². The number of pyridine rings is 1. The third-order valence-corrected chi connectivity index (χ3v) is 16.6. The van der Waals surface area contributed by atoms with Crippen LogP contribution in [0.1, 0.15) is 83.6 Å². The summed E-state index contributed by atoms with van der Waals surface area (Å²) >= 11 is 0. The van der Waals surface area contributed by atoms with Gasteiger partial charge in [0.1, 0.15) is 40.3 Å². The van der Waals surface area contributed by atoms with Gasteiger partial charge in [0.15, 0.2) is 17.5 Å². The number of ether oxygens (including phenoxy) is 1. The number of aromatic hydroxyl groups is 1. The number of phenols is 1. The zero-order valence-corrected chi connectivity index (χ0v) is 41.0. The summed E-state index contributed by atoms with van der Waals surface area (Å²) in [5.74, 6) is -2.71. The van der Waals surface area contributed by atoms with Gasteiger partial charge in [0, 0.05) is 81.6 Å². The van der Waals surface area contributed by atoms with E-state index < -0.39 is 46.7 Å². The minimum atomic E-state index is -0.975. The summed E-state index contributed by atoms with van der Waals surface area (Å²) in [7, 11) is 0. The zero-order valence-electron chi connectivity index (χ0n) is 41.0. The lowest BCUT2D eigenvalue weighted by molar-refractivity contribution is -0.133. The molecule has 4 aliphatic heterocycles. The van der Waals surface area contributed by atoms with Gasteiger partial charge in [0.05, 0.1) is 17.6 Å². The van der Waals surface area contributed by atoms with Crippen molar-refractivity contribution in [2.45, 2.75) is 96.1 Å². The number of anilines is 3. The van der Waals surface area contributed by atoms with E-state index in [-0.39, 0.29) is 59.0 Å². The molecular formula is C54H63F4N9O5. The van der Waals surface area contributed by atoms with Gasteiger partial charge in [-0.2, -0.15) is 9.97 Å². The molecule has 72 heavy (non-hydrogen) atoms. The average Bonchev–Trinajstić information content (AvgIpc) is 4.11. The van der Waals surface area contributed by atoms with Crippen molar-refractivity contribution in [2.75, 3.05) is 87.2 Å². The summed E-state index contributed by atoms with van der Waals surface area (Å²) in [6.45, 7) is 11.7. The minimum absolute atomic E-state index is 0.00183. The van der Waals surface area contributed by atoms with Gasteiger partial charge in [-0.15, -0.1) is 0 Å². The first-order valence-electron chi connectivity index (χ1n) is 25.8. The Morgan fingerprint density at radius 3 is 2.32 bits per heavy atom. The Hall–Kier alpha value is -5.85. The number of aliphatic hydroxyl groups is 1. The Bertz CT molecular complexity index is 2910. The average molecular weight is 994 g/mol. The summed E-state index contributed by atoms with van der Waals surface area (Å²) < 4.78 is 69.1. The number of β-amino-alcohol motifs (C(OH)–C–C–N with tert-alkyl or cyclic N) is 1. The number of piperidine rings is 3. The van der Waals surface area contributed by atoms with Crippen LogP contribution in [0.25, 0.3) is 32.9 Å². The largest absolute Gasteiger partial charge is 0.508 e. The summed E-state index contributed by atoms with van der Waals surface area (Å²) in [4.78, 5) is 46.8. The number of piperazine rings is 1. The highest BCUT2D eigenvalue weighted by atomic mass is 19.1. The van der Waals surface area contributed by atoms with Gasteiger partial charge in [0.2, 0.25) is 11.8 Å². The van der Waals surface area contributed by atoms with Crippen LogP contribution in [-0.2, 0) is 16.0 Å². The van der Waals surface area contributed by atoms with E-state index in [0.717, 1.165) is 65.0 Å². The highest BCUT2D eigenvalue weighted by Gasteiger charge is 2.49. The second-order valence-electron chi connectivity index (χ2n) is 22.1. The van der Waals surface area contributed by atoms with Crippen LogP contribution in [0.4, 0.5) is 34.8 Å². The molecule has 5 aromatic rings. The van der Waals surface area contributed by atoms with Gasteiger partial charge in [-0.25, -0.2) is 17.6 Å². The van der Waals surface area contributed by atoms with Gasteiger partial charge in [-0.05, 0) is 142 Å². The third-order valence-electron chi connectivity index (χ3n) is 16.6. The first kappa shape index (κ1) is 48.4. The van der Waals surface area contributed by atoms with Crippen molar-refractivity contribution in [3.05, 3.63) is 71.4 Å². The van der Waals surface area contributed by atoms with Gasteiger partial charge in [0.25, 0.3) is 0 Å². The maximum Gasteiger partial charge on any atom is 0.319 e. The van der Waals surface area contributed by atoms with E-state index in [9.17, 15) is 19.8 Å². The normalized spacial score (nSPS) is 23.7. The number of rotatable bonds is 13. The number of aryl methyl sites for hydroxylation is 1. The van der Waals surface area contributed by atoms with E-state index >= 15 is 17.6 Å². The fourth-order valence-corrected chi connectivity index (χ4v) is 12.5. The molecule has 1 spiro atoms. The van der Waals surface area contributed by atoms with E-state index in [4.69, 9.17) is 9.72 Å². The molecule has 4 N–H and O–H groups in total. The number of aromatic nitrogens is 3. The van der Waals surface area contributed by atoms with Crippen LogP contribution >= 0.6 is 0 Å². The Kier molecular flexibility index (Phi) is 12.7. The number of nitrogens with zero attached hydrogens (tertiary/aromatic N) is 7. The number of hydrogen-bond donors (Lipinski definition) is 4. The fourth-order valence-electron chi connectivity index (χ4n) is 12.5. The van der Waals surface area contributed by atoms with Gasteiger partial charge in [-0.3, -0.25) is 24.8 Å². The number of imide groups is 1. The molecule has 382 valence electrons. The quantitative estimate of drug-likeness (QED) is 0.0672. The van der Waals surface area contributed by atoms with E-state index in [1.807, 2.05) is 16.7 Å². The lowest BCUT2D eigenvalue weighted by atomic mass is 9.57. The summed E-state index contributed by atoms with van der Waals surface area (Å²) in [6.07, 6.45) is 10.2. The number of benzene rings is 3. The number of nitrogens with one attached hydrogen (secondary N) is 2.